The first-order valence-electron chi connectivity index (χ1n) is 8.14. The lowest BCUT2D eigenvalue weighted by atomic mass is 10.2. The van der Waals surface area contributed by atoms with Gasteiger partial charge in [0.1, 0.15) is 18.2 Å². The molecule has 0 atom stereocenters. The summed E-state index contributed by atoms with van der Waals surface area (Å²) >= 11 is 0. The smallest absolute Gasteiger partial charge is 0.254 e. The fourth-order valence-electron chi connectivity index (χ4n) is 2.55. The summed E-state index contributed by atoms with van der Waals surface area (Å²) in [5.74, 6) is -0.254. The molecular formula is C18H22FN3O2. The van der Waals surface area contributed by atoms with Crippen LogP contribution in [0.4, 0.5) is 4.39 Å². The van der Waals surface area contributed by atoms with E-state index in [2.05, 4.69) is 4.98 Å². The first-order valence-corrected chi connectivity index (χ1v) is 8.14. The van der Waals surface area contributed by atoms with E-state index in [-0.39, 0.29) is 18.0 Å². The maximum atomic E-state index is 13.6. The monoisotopic (exact) mass is 331 g/mol. The van der Waals surface area contributed by atoms with Gasteiger partial charge in [0.2, 0.25) is 5.91 Å². The minimum absolute atomic E-state index is 0.108. The molecule has 0 aliphatic heterocycles. The van der Waals surface area contributed by atoms with Crippen LogP contribution in [0.3, 0.4) is 0 Å². The van der Waals surface area contributed by atoms with Gasteiger partial charge in [-0.1, -0.05) is 19.1 Å². The topological polar surface area (TPSA) is 55.2 Å². The van der Waals surface area contributed by atoms with Crippen LogP contribution in [0.5, 0.6) is 0 Å². The fourth-order valence-corrected chi connectivity index (χ4v) is 2.55. The average Bonchev–Trinajstić information content (AvgIpc) is 2.57. The number of likely N-dealkylation sites (N-methyl/N-ethyl adjacent to an activating group) is 1. The number of halogens is 1. The van der Waals surface area contributed by atoms with Gasteiger partial charge in [-0.05, 0) is 32.4 Å². The van der Waals surface area contributed by atoms with E-state index in [1.165, 1.54) is 22.8 Å². The summed E-state index contributed by atoms with van der Waals surface area (Å²) in [6, 6.07) is 7.32. The highest BCUT2D eigenvalue weighted by Gasteiger charge is 2.16. The van der Waals surface area contributed by atoms with Gasteiger partial charge in [0.05, 0.1) is 0 Å². The van der Waals surface area contributed by atoms with Crippen molar-refractivity contribution in [3.8, 4) is 11.4 Å². The zero-order valence-corrected chi connectivity index (χ0v) is 14.3. The van der Waals surface area contributed by atoms with Gasteiger partial charge in [-0.25, -0.2) is 9.37 Å². The van der Waals surface area contributed by atoms with Gasteiger partial charge >= 0.3 is 0 Å². The Labute approximate surface area is 140 Å². The SMILES string of the molecule is CCc1cc(=O)n(CC(=O)N(CC)CC)c(-c2cccc(F)c2)n1. The number of hydrogen-bond acceptors (Lipinski definition) is 3. The first kappa shape index (κ1) is 17.8. The van der Waals surface area contributed by atoms with Crippen LogP contribution in [0, 0.1) is 5.82 Å². The van der Waals surface area contributed by atoms with Gasteiger partial charge in [-0.2, -0.15) is 0 Å². The Bertz CT molecular complexity index is 782. The van der Waals surface area contributed by atoms with Crippen LogP contribution < -0.4 is 5.56 Å². The van der Waals surface area contributed by atoms with Gasteiger partial charge < -0.3 is 4.90 Å². The molecule has 0 aliphatic rings. The van der Waals surface area contributed by atoms with Crippen LogP contribution in [0.15, 0.2) is 35.1 Å². The second-order valence-electron chi connectivity index (χ2n) is 5.43. The summed E-state index contributed by atoms with van der Waals surface area (Å²) in [6.07, 6.45) is 0.586. The molecule has 5 nitrogen and oxygen atoms in total. The van der Waals surface area contributed by atoms with Crippen molar-refractivity contribution < 1.29 is 9.18 Å². The summed E-state index contributed by atoms with van der Waals surface area (Å²) in [4.78, 5) is 31.0. The highest BCUT2D eigenvalue weighted by Crippen LogP contribution is 2.18. The molecule has 2 rings (SSSR count). The Morgan fingerprint density at radius 2 is 1.92 bits per heavy atom. The van der Waals surface area contributed by atoms with Crippen LogP contribution in [0.25, 0.3) is 11.4 Å². The van der Waals surface area contributed by atoms with E-state index in [0.717, 1.165) is 0 Å². The Morgan fingerprint density at radius 1 is 1.21 bits per heavy atom. The number of carbonyl (C=O) groups excluding carboxylic acids is 1. The standard InChI is InChI=1S/C18H22FN3O2/c1-4-15-11-16(23)22(12-17(24)21(5-2)6-3)18(20-15)13-8-7-9-14(19)10-13/h7-11H,4-6,12H2,1-3H3. The highest BCUT2D eigenvalue weighted by atomic mass is 19.1. The minimum Gasteiger partial charge on any atom is -0.342 e. The molecular weight excluding hydrogens is 309 g/mol. The molecule has 0 aliphatic carbocycles. The average molecular weight is 331 g/mol. The summed E-state index contributed by atoms with van der Waals surface area (Å²) in [7, 11) is 0. The second kappa shape index (κ2) is 7.86. The van der Waals surface area contributed by atoms with E-state index in [1.54, 1.807) is 17.0 Å². The molecule has 0 fully saturated rings. The minimum atomic E-state index is -0.412. The van der Waals surface area contributed by atoms with E-state index >= 15 is 0 Å². The number of hydrogen-bond donors (Lipinski definition) is 0. The van der Waals surface area contributed by atoms with Gasteiger partial charge in [-0.3, -0.25) is 14.2 Å². The second-order valence-corrected chi connectivity index (χ2v) is 5.43. The lowest BCUT2D eigenvalue weighted by Crippen LogP contribution is -2.37. The Hall–Kier alpha value is -2.50. The molecule has 1 heterocycles. The first-order chi connectivity index (χ1) is 11.5. The van der Waals surface area contributed by atoms with Crippen molar-refractivity contribution in [1.29, 1.82) is 0 Å². The highest BCUT2D eigenvalue weighted by molar-refractivity contribution is 5.76. The summed E-state index contributed by atoms with van der Waals surface area (Å²) in [5.41, 5.74) is 0.794. The number of aromatic nitrogens is 2. The molecule has 2 aromatic rings. The number of carbonyl (C=O) groups is 1. The zero-order chi connectivity index (χ0) is 17.7. The van der Waals surface area contributed by atoms with E-state index in [0.29, 0.717) is 36.6 Å². The summed E-state index contributed by atoms with van der Waals surface area (Å²) in [6.45, 7) is 6.69. The molecule has 0 spiro atoms. The molecule has 0 bridgehead atoms. The molecule has 1 amide bonds. The number of aryl methyl sites for hydroxylation is 1. The van der Waals surface area contributed by atoms with Crippen LogP contribution in [0.1, 0.15) is 26.5 Å². The third-order valence-electron chi connectivity index (χ3n) is 3.92. The molecule has 128 valence electrons. The lowest BCUT2D eigenvalue weighted by Gasteiger charge is -2.20. The van der Waals surface area contributed by atoms with Gasteiger partial charge in [-0.15, -0.1) is 0 Å². The third kappa shape index (κ3) is 3.88. The fraction of sp³-hybridized carbons (Fsp3) is 0.389. The van der Waals surface area contributed by atoms with E-state index in [1.807, 2.05) is 20.8 Å². The molecule has 0 saturated carbocycles. The summed E-state index contributed by atoms with van der Waals surface area (Å²) in [5, 5.41) is 0. The lowest BCUT2D eigenvalue weighted by molar-refractivity contribution is -0.131. The predicted molar refractivity (Wildman–Crippen MR) is 91.2 cm³/mol. The van der Waals surface area contributed by atoms with Gasteiger partial charge in [0.25, 0.3) is 5.56 Å². The van der Waals surface area contributed by atoms with Crippen molar-refractivity contribution in [3.05, 3.63) is 52.2 Å². The van der Waals surface area contributed by atoms with Crippen molar-refractivity contribution in [2.75, 3.05) is 13.1 Å². The van der Waals surface area contributed by atoms with Crippen molar-refractivity contribution in [2.45, 2.75) is 33.7 Å². The number of benzene rings is 1. The molecule has 1 aromatic heterocycles. The Balaban J connectivity index is 2.54. The van der Waals surface area contributed by atoms with Crippen molar-refractivity contribution >= 4 is 5.91 Å². The normalized spacial score (nSPS) is 10.7. The molecule has 0 unspecified atom stereocenters. The zero-order valence-electron chi connectivity index (χ0n) is 14.3. The molecule has 24 heavy (non-hydrogen) atoms. The maximum absolute atomic E-state index is 13.6. The van der Waals surface area contributed by atoms with Crippen LogP contribution >= 0.6 is 0 Å². The number of nitrogens with zero attached hydrogens (tertiary/aromatic N) is 3. The van der Waals surface area contributed by atoms with Crippen LogP contribution in [-0.4, -0.2) is 33.4 Å². The molecule has 1 aromatic carbocycles. The Kier molecular flexibility index (Phi) is 5.84. The maximum Gasteiger partial charge on any atom is 0.254 e. The molecule has 0 N–H and O–H groups in total. The predicted octanol–water partition coefficient (Wildman–Crippen LogP) is 2.48. The quantitative estimate of drug-likeness (QED) is 0.817. The van der Waals surface area contributed by atoms with E-state index in [9.17, 15) is 14.0 Å². The third-order valence-corrected chi connectivity index (χ3v) is 3.92. The van der Waals surface area contributed by atoms with Crippen molar-refractivity contribution in [3.63, 3.8) is 0 Å². The van der Waals surface area contributed by atoms with Crippen LogP contribution in [0.2, 0.25) is 0 Å². The molecule has 0 radical (unpaired) electrons. The van der Waals surface area contributed by atoms with Crippen LogP contribution in [-0.2, 0) is 17.8 Å². The molecule has 0 saturated heterocycles. The van der Waals surface area contributed by atoms with Crippen molar-refractivity contribution in [2.24, 2.45) is 0 Å². The van der Waals surface area contributed by atoms with E-state index in [4.69, 9.17) is 0 Å². The Morgan fingerprint density at radius 3 is 2.50 bits per heavy atom. The van der Waals surface area contributed by atoms with Gasteiger partial charge in [0, 0.05) is 30.4 Å². The van der Waals surface area contributed by atoms with Gasteiger partial charge in [0.15, 0.2) is 0 Å². The largest absolute Gasteiger partial charge is 0.342 e. The van der Waals surface area contributed by atoms with E-state index < -0.39 is 5.82 Å². The number of amides is 1. The molecule has 6 heteroatoms. The summed E-state index contributed by atoms with van der Waals surface area (Å²) < 4.78 is 14.9. The van der Waals surface area contributed by atoms with Crippen molar-refractivity contribution in [1.82, 2.24) is 14.5 Å². The number of rotatable bonds is 6.